The zero-order valence-electron chi connectivity index (χ0n) is 8.47. The molecule has 0 unspecified atom stereocenters. The molecule has 1 aliphatic rings. The largest absolute Gasteiger partial charge is 0.505 e. The van der Waals surface area contributed by atoms with Crippen LogP contribution in [0, 0.1) is 0 Å². The van der Waals surface area contributed by atoms with E-state index >= 15 is 0 Å². The zero-order valence-corrected chi connectivity index (χ0v) is 8.47. The van der Waals surface area contributed by atoms with Crippen LogP contribution in [0.4, 0.5) is 0 Å². The Morgan fingerprint density at radius 3 is 2.75 bits per heavy atom. The number of rotatable bonds is 2. The molecule has 1 aliphatic heterocycles. The Morgan fingerprint density at radius 2 is 2.06 bits per heavy atom. The number of fused-ring (bicyclic) bond motifs is 1. The average molecular weight is 226 g/mol. The maximum Gasteiger partial charge on any atom is 0.505 e. The minimum atomic E-state index is -2.63. The van der Waals surface area contributed by atoms with E-state index in [9.17, 15) is 4.79 Å². The minimum absolute atomic E-state index is 0.0804. The van der Waals surface area contributed by atoms with E-state index in [2.05, 4.69) is 14.2 Å². The average Bonchev–Trinajstić information content (AvgIpc) is 2.51. The second-order valence-corrected chi connectivity index (χ2v) is 3.29. The number of ether oxygens (including phenoxy) is 3. The van der Waals surface area contributed by atoms with E-state index in [-0.39, 0.29) is 17.9 Å². The fourth-order valence-electron chi connectivity index (χ4n) is 1.37. The van der Waals surface area contributed by atoms with E-state index in [1.54, 1.807) is 6.07 Å². The highest BCUT2D eigenvalue weighted by atomic mass is 17.0. The van der Waals surface area contributed by atoms with Gasteiger partial charge in [-0.05, 0) is 17.7 Å². The van der Waals surface area contributed by atoms with E-state index in [1.165, 1.54) is 19.2 Å². The third kappa shape index (κ3) is 2.07. The van der Waals surface area contributed by atoms with Gasteiger partial charge in [-0.1, -0.05) is 6.07 Å². The van der Waals surface area contributed by atoms with Crippen molar-refractivity contribution in [1.82, 2.24) is 0 Å². The van der Waals surface area contributed by atoms with Crippen LogP contribution in [0.3, 0.4) is 0 Å². The molecule has 16 heavy (non-hydrogen) atoms. The first-order valence-electron chi connectivity index (χ1n) is 4.53. The molecule has 0 amide bonds. The van der Waals surface area contributed by atoms with Gasteiger partial charge < -0.3 is 14.2 Å². The van der Waals surface area contributed by atoms with Gasteiger partial charge in [0, 0.05) is 0 Å². The second kappa shape index (κ2) is 3.66. The van der Waals surface area contributed by atoms with Crippen LogP contribution >= 0.6 is 0 Å². The molecule has 2 N–H and O–H groups in total. The molecule has 86 valence electrons. The van der Waals surface area contributed by atoms with Gasteiger partial charge in [0.05, 0.1) is 13.5 Å². The van der Waals surface area contributed by atoms with Crippen molar-refractivity contribution in [3.8, 4) is 11.5 Å². The summed E-state index contributed by atoms with van der Waals surface area (Å²) in [5.74, 6) is -0.0110. The van der Waals surface area contributed by atoms with Gasteiger partial charge in [0.25, 0.3) is 0 Å². The standard InChI is InChI=1S/C10H10O6/c1-14-9(11)5-6-2-3-7-8(4-6)16-10(12,13)15-7/h2-4,12-13H,5H2,1H3. The molecule has 1 aromatic rings. The molecule has 0 spiro atoms. The number of benzene rings is 1. The summed E-state index contributed by atoms with van der Waals surface area (Å²) in [6.07, 6.45) is -2.55. The molecular formula is C10H10O6. The van der Waals surface area contributed by atoms with Crippen LogP contribution in [0.25, 0.3) is 0 Å². The Balaban J connectivity index is 2.19. The summed E-state index contributed by atoms with van der Waals surface area (Å²) in [4.78, 5) is 11.0. The number of methoxy groups -OCH3 is 1. The molecule has 0 aromatic heterocycles. The number of carbonyl (C=O) groups is 1. The lowest BCUT2D eigenvalue weighted by atomic mass is 10.1. The van der Waals surface area contributed by atoms with Crippen LogP contribution in [0.1, 0.15) is 5.56 Å². The molecule has 2 rings (SSSR count). The van der Waals surface area contributed by atoms with Crippen LogP contribution in [0.15, 0.2) is 18.2 Å². The molecule has 1 aromatic carbocycles. The van der Waals surface area contributed by atoms with Gasteiger partial charge >= 0.3 is 12.1 Å². The molecule has 0 atom stereocenters. The Bertz CT molecular complexity index is 425. The molecule has 0 bridgehead atoms. The lowest BCUT2D eigenvalue weighted by Crippen LogP contribution is -2.37. The summed E-state index contributed by atoms with van der Waals surface area (Å²) in [7, 11) is 1.29. The maximum absolute atomic E-state index is 11.0. The molecule has 6 nitrogen and oxygen atoms in total. The van der Waals surface area contributed by atoms with Gasteiger partial charge in [0.1, 0.15) is 0 Å². The van der Waals surface area contributed by atoms with E-state index < -0.39 is 12.1 Å². The van der Waals surface area contributed by atoms with Crippen LogP contribution < -0.4 is 9.47 Å². The number of carbonyl (C=O) groups excluding carboxylic acids is 1. The summed E-state index contributed by atoms with van der Waals surface area (Å²) in [5.41, 5.74) is 0.631. The van der Waals surface area contributed by atoms with Gasteiger partial charge in [-0.15, -0.1) is 0 Å². The van der Waals surface area contributed by atoms with Crippen molar-refractivity contribution in [3.63, 3.8) is 0 Å². The lowest BCUT2D eigenvalue weighted by molar-refractivity contribution is -0.385. The summed E-state index contributed by atoms with van der Waals surface area (Å²) >= 11 is 0. The molecule has 6 heteroatoms. The first-order chi connectivity index (χ1) is 7.50. The van der Waals surface area contributed by atoms with Crippen molar-refractivity contribution in [2.24, 2.45) is 0 Å². The topological polar surface area (TPSA) is 85.2 Å². The summed E-state index contributed by atoms with van der Waals surface area (Å²) in [6.45, 7) is 0. The molecule has 0 aliphatic carbocycles. The highest BCUT2D eigenvalue weighted by Crippen LogP contribution is 2.37. The highest BCUT2D eigenvalue weighted by Gasteiger charge is 2.38. The molecular weight excluding hydrogens is 216 g/mol. The van der Waals surface area contributed by atoms with Crippen molar-refractivity contribution < 1.29 is 29.2 Å². The third-order valence-corrected chi connectivity index (χ3v) is 2.07. The third-order valence-electron chi connectivity index (χ3n) is 2.07. The van der Waals surface area contributed by atoms with E-state index in [1.807, 2.05) is 0 Å². The van der Waals surface area contributed by atoms with Crippen molar-refractivity contribution in [1.29, 1.82) is 0 Å². The van der Waals surface area contributed by atoms with Gasteiger partial charge in [-0.25, -0.2) is 0 Å². The number of aliphatic hydroxyl groups is 2. The predicted octanol–water partition coefficient (Wildman–Crippen LogP) is -0.231. The SMILES string of the molecule is COC(=O)Cc1ccc2c(c1)OC(O)(O)O2. The van der Waals surface area contributed by atoms with Gasteiger partial charge in [0.15, 0.2) is 11.5 Å². The summed E-state index contributed by atoms with van der Waals surface area (Å²) in [6, 6.07) is 4.59. The van der Waals surface area contributed by atoms with Crippen LogP contribution in [0.2, 0.25) is 0 Å². The molecule has 1 heterocycles. The van der Waals surface area contributed by atoms with E-state index in [0.717, 1.165) is 0 Å². The molecule has 0 radical (unpaired) electrons. The fourth-order valence-corrected chi connectivity index (χ4v) is 1.37. The van der Waals surface area contributed by atoms with Crippen molar-refractivity contribution in [2.75, 3.05) is 7.11 Å². The summed E-state index contributed by atoms with van der Waals surface area (Å²) < 4.78 is 13.8. The first-order valence-corrected chi connectivity index (χ1v) is 4.53. The fraction of sp³-hybridized carbons (Fsp3) is 0.300. The van der Waals surface area contributed by atoms with Crippen molar-refractivity contribution in [2.45, 2.75) is 12.6 Å². The molecule has 0 saturated carbocycles. The van der Waals surface area contributed by atoms with E-state index in [0.29, 0.717) is 5.56 Å². The van der Waals surface area contributed by atoms with Gasteiger partial charge in [-0.3, -0.25) is 15.0 Å². The quantitative estimate of drug-likeness (QED) is 0.535. The number of hydrogen-bond acceptors (Lipinski definition) is 6. The van der Waals surface area contributed by atoms with Gasteiger partial charge in [0.2, 0.25) is 0 Å². The highest BCUT2D eigenvalue weighted by molar-refractivity contribution is 5.72. The Hall–Kier alpha value is -1.79. The predicted molar refractivity (Wildman–Crippen MR) is 50.6 cm³/mol. The smallest absolute Gasteiger partial charge is 0.469 e. The van der Waals surface area contributed by atoms with Crippen molar-refractivity contribution >= 4 is 5.97 Å². The number of hydrogen-bond donors (Lipinski definition) is 2. The second-order valence-electron chi connectivity index (χ2n) is 3.29. The maximum atomic E-state index is 11.0. The Morgan fingerprint density at radius 1 is 1.38 bits per heavy atom. The first kappa shape index (κ1) is 10.7. The monoisotopic (exact) mass is 226 g/mol. The molecule has 0 saturated heterocycles. The number of esters is 1. The minimum Gasteiger partial charge on any atom is -0.469 e. The summed E-state index contributed by atoms with van der Waals surface area (Å²) in [5, 5.41) is 18.1. The lowest BCUT2D eigenvalue weighted by Gasteiger charge is -2.10. The molecule has 0 fully saturated rings. The Labute approximate surface area is 91.0 Å². The van der Waals surface area contributed by atoms with Crippen LogP contribution in [0.5, 0.6) is 11.5 Å². The van der Waals surface area contributed by atoms with Crippen LogP contribution in [-0.2, 0) is 16.0 Å². The van der Waals surface area contributed by atoms with E-state index in [4.69, 9.17) is 10.2 Å². The zero-order chi connectivity index (χ0) is 11.8. The Kier molecular flexibility index (Phi) is 2.45. The van der Waals surface area contributed by atoms with Gasteiger partial charge in [-0.2, -0.15) is 0 Å². The normalized spacial score (nSPS) is 15.9. The van der Waals surface area contributed by atoms with Crippen molar-refractivity contribution in [3.05, 3.63) is 23.8 Å². The van der Waals surface area contributed by atoms with Crippen LogP contribution in [-0.4, -0.2) is 29.5 Å².